The summed E-state index contributed by atoms with van der Waals surface area (Å²) in [5.41, 5.74) is 7.04. The fourth-order valence-electron chi connectivity index (χ4n) is 1.96. The molecule has 108 valence electrons. The summed E-state index contributed by atoms with van der Waals surface area (Å²) in [5.74, 6) is 1.20. The van der Waals surface area contributed by atoms with E-state index in [1.54, 1.807) is 18.3 Å². The molecule has 4 nitrogen and oxygen atoms in total. The molecule has 6 heteroatoms. The number of rotatable bonds is 6. The monoisotopic (exact) mass is 281 g/mol. The van der Waals surface area contributed by atoms with Gasteiger partial charge >= 0.3 is 6.61 Å². The third-order valence-corrected chi connectivity index (χ3v) is 3.03. The Bertz CT molecular complexity index is 557. The SMILES string of the molecule is CC(CCN)c1ncc(-c2cccc(OC(F)F)c2)[nH]1. The number of aromatic nitrogens is 2. The quantitative estimate of drug-likeness (QED) is 0.855. The van der Waals surface area contributed by atoms with Crippen molar-refractivity contribution in [1.29, 1.82) is 0 Å². The molecule has 2 rings (SSSR count). The number of benzene rings is 1. The van der Waals surface area contributed by atoms with E-state index in [9.17, 15) is 8.78 Å². The first-order chi connectivity index (χ1) is 9.60. The Morgan fingerprint density at radius 1 is 1.40 bits per heavy atom. The Kier molecular flexibility index (Phi) is 4.68. The zero-order valence-electron chi connectivity index (χ0n) is 11.1. The Morgan fingerprint density at radius 3 is 2.90 bits per heavy atom. The van der Waals surface area contributed by atoms with Gasteiger partial charge in [-0.2, -0.15) is 8.78 Å². The molecule has 0 aliphatic heterocycles. The molecule has 0 spiro atoms. The summed E-state index contributed by atoms with van der Waals surface area (Å²) < 4.78 is 28.8. The van der Waals surface area contributed by atoms with Gasteiger partial charge in [-0.05, 0) is 25.1 Å². The number of ether oxygens (including phenoxy) is 1. The standard InChI is InChI=1S/C14H17F2N3O/c1-9(5-6-17)13-18-8-12(19-13)10-3-2-4-11(7-10)20-14(15)16/h2-4,7-9,14H,5-6,17H2,1H3,(H,18,19). The largest absolute Gasteiger partial charge is 0.435 e. The van der Waals surface area contributed by atoms with Crippen LogP contribution in [0, 0.1) is 0 Å². The lowest BCUT2D eigenvalue weighted by molar-refractivity contribution is -0.0498. The van der Waals surface area contributed by atoms with Gasteiger partial charge in [0.25, 0.3) is 0 Å². The normalized spacial score (nSPS) is 12.7. The van der Waals surface area contributed by atoms with Crippen molar-refractivity contribution < 1.29 is 13.5 Å². The van der Waals surface area contributed by atoms with Gasteiger partial charge in [-0.25, -0.2) is 4.98 Å². The smallest absolute Gasteiger partial charge is 0.387 e. The van der Waals surface area contributed by atoms with Crippen LogP contribution in [0.15, 0.2) is 30.5 Å². The number of alkyl halides is 2. The van der Waals surface area contributed by atoms with E-state index in [4.69, 9.17) is 5.73 Å². The molecule has 0 radical (unpaired) electrons. The van der Waals surface area contributed by atoms with E-state index in [1.165, 1.54) is 6.07 Å². The average molecular weight is 281 g/mol. The number of imidazole rings is 1. The molecule has 0 fully saturated rings. The van der Waals surface area contributed by atoms with Crippen LogP contribution in [0.25, 0.3) is 11.3 Å². The minimum atomic E-state index is -2.83. The second-order valence-electron chi connectivity index (χ2n) is 4.57. The lowest BCUT2D eigenvalue weighted by atomic mass is 10.1. The van der Waals surface area contributed by atoms with Crippen molar-refractivity contribution in [1.82, 2.24) is 9.97 Å². The van der Waals surface area contributed by atoms with Crippen molar-refractivity contribution in [2.45, 2.75) is 25.9 Å². The molecule has 1 unspecified atom stereocenters. The van der Waals surface area contributed by atoms with Gasteiger partial charge in [-0.15, -0.1) is 0 Å². The van der Waals surface area contributed by atoms with E-state index >= 15 is 0 Å². The number of H-pyrrole nitrogens is 1. The van der Waals surface area contributed by atoms with Crippen LogP contribution in [0.2, 0.25) is 0 Å². The number of nitrogens with two attached hydrogens (primary N) is 1. The van der Waals surface area contributed by atoms with Crippen molar-refractivity contribution in [3.8, 4) is 17.0 Å². The maximum atomic E-state index is 12.2. The molecule has 3 N–H and O–H groups in total. The zero-order chi connectivity index (χ0) is 14.5. The molecular weight excluding hydrogens is 264 g/mol. The fourth-order valence-corrected chi connectivity index (χ4v) is 1.96. The molecule has 20 heavy (non-hydrogen) atoms. The van der Waals surface area contributed by atoms with Gasteiger partial charge in [-0.3, -0.25) is 0 Å². The molecule has 1 aromatic carbocycles. The van der Waals surface area contributed by atoms with Gasteiger partial charge < -0.3 is 15.5 Å². The van der Waals surface area contributed by atoms with Gasteiger partial charge in [0.15, 0.2) is 0 Å². The van der Waals surface area contributed by atoms with Crippen LogP contribution in [-0.2, 0) is 0 Å². The van der Waals surface area contributed by atoms with E-state index < -0.39 is 6.61 Å². The van der Waals surface area contributed by atoms with Crippen molar-refractivity contribution in [3.63, 3.8) is 0 Å². The molecule has 0 aliphatic rings. The lowest BCUT2D eigenvalue weighted by Crippen LogP contribution is -2.05. The van der Waals surface area contributed by atoms with E-state index in [2.05, 4.69) is 14.7 Å². The number of halogens is 2. The number of hydrogen-bond acceptors (Lipinski definition) is 3. The molecule has 0 amide bonds. The molecule has 0 bridgehead atoms. The van der Waals surface area contributed by atoms with Crippen molar-refractivity contribution in [3.05, 3.63) is 36.3 Å². The number of aromatic amines is 1. The van der Waals surface area contributed by atoms with E-state index in [0.29, 0.717) is 6.54 Å². The van der Waals surface area contributed by atoms with E-state index in [0.717, 1.165) is 23.5 Å². The summed E-state index contributed by atoms with van der Waals surface area (Å²) in [7, 11) is 0. The molecule has 0 saturated heterocycles. The van der Waals surface area contributed by atoms with E-state index in [-0.39, 0.29) is 11.7 Å². The van der Waals surface area contributed by atoms with Gasteiger partial charge in [0.2, 0.25) is 0 Å². The number of hydrogen-bond donors (Lipinski definition) is 2. The Labute approximate surface area is 116 Å². The third-order valence-electron chi connectivity index (χ3n) is 3.03. The van der Waals surface area contributed by atoms with Crippen LogP contribution < -0.4 is 10.5 Å². The van der Waals surface area contributed by atoms with Gasteiger partial charge in [0.1, 0.15) is 11.6 Å². The van der Waals surface area contributed by atoms with Crippen LogP contribution in [0.4, 0.5) is 8.78 Å². The van der Waals surface area contributed by atoms with Crippen molar-refractivity contribution in [2.24, 2.45) is 5.73 Å². The molecule has 1 heterocycles. The topological polar surface area (TPSA) is 63.9 Å². The first-order valence-corrected chi connectivity index (χ1v) is 6.40. The second-order valence-corrected chi connectivity index (χ2v) is 4.57. The van der Waals surface area contributed by atoms with Crippen LogP contribution in [-0.4, -0.2) is 23.1 Å². The highest BCUT2D eigenvalue weighted by Crippen LogP contribution is 2.25. The molecule has 2 aromatic rings. The lowest BCUT2D eigenvalue weighted by Gasteiger charge is -2.07. The van der Waals surface area contributed by atoms with Crippen LogP contribution in [0.3, 0.4) is 0 Å². The van der Waals surface area contributed by atoms with Crippen LogP contribution >= 0.6 is 0 Å². The summed E-state index contributed by atoms with van der Waals surface area (Å²) in [6.07, 6.45) is 2.52. The van der Waals surface area contributed by atoms with Crippen molar-refractivity contribution in [2.75, 3.05) is 6.54 Å². The first-order valence-electron chi connectivity index (χ1n) is 6.40. The Balaban J connectivity index is 2.19. The third kappa shape index (κ3) is 3.54. The molecule has 1 atom stereocenters. The summed E-state index contributed by atoms with van der Waals surface area (Å²) in [5, 5.41) is 0. The molecule has 1 aromatic heterocycles. The van der Waals surface area contributed by atoms with Crippen LogP contribution in [0.5, 0.6) is 5.75 Å². The fraction of sp³-hybridized carbons (Fsp3) is 0.357. The van der Waals surface area contributed by atoms with E-state index in [1.807, 2.05) is 13.0 Å². The summed E-state index contributed by atoms with van der Waals surface area (Å²) in [6.45, 7) is -0.201. The minimum absolute atomic E-state index is 0.128. The Morgan fingerprint density at radius 2 is 2.20 bits per heavy atom. The first kappa shape index (κ1) is 14.5. The number of nitrogens with one attached hydrogen (secondary N) is 1. The average Bonchev–Trinajstić information content (AvgIpc) is 2.88. The summed E-state index contributed by atoms with van der Waals surface area (Å²) in [6, 6.07) is 6.52. The second kappa shape index (κ2) is 6.47. The molecular formula is C14H17F2N3O. The van der Waals surface area contributed by atoms with Gasteiger partial charge in [-0.1, -0.05) is 19.1 Å². The summed E-state index contributed by atoms with van der Waals surface area (Å²) in [4.78, 5) is 7.49. The minimum Gasteiger partial charge on any atom is -0.435 e. The zero-order valence-corrected chi connectivity index (χ0v) is 11.1. The maximum absolute atomic E-state index is 12.2. The highest BCUT2D eigenvalue weighted by molar-refractivity contribution is 5.60. The van der Waals surface area contributed by atoms with Gasteiger partial charge in [0.05, 0.1) is 11.9 Å². The van der Waals surface area contributed by atoms with Crippen molar-refractivity contribution >= 4 is 0 Å². The molecule has 0 saturated carbocycles. The maximum Gasteiger partial charge on any atom is 0.387 e. The van der Waals surface area contributed by atoms with Crippen LogP contribution in [0.1, 0.15) is 25.1 Å². The highest BCUT2D eigenvalue weighted by atomic mass is 19.3. The predicted molar refractivity (Wildman–Crippen MR) is 72.7 cm³/mol. The Hall–Kier alpha value is -1.95. The van der Waals surface area contributed by atoms with Gasteiger partial charge in [0, 0.05) is 11.5 Å². The summed E-state index contributed by atoms with van der Waals surface area (Å²) >= 11 is 0. The highest BCUT2D eigenvalue weighted by Gasteiger charge is 2.11. The predicted octanol–water partition coefficient (Wildman–Crippen LogP) is 3.13. The number of nitrogens with zero attached hydrogens (tertiary/aromatic N) is 1. The molecule has 0 aliphatic carbocycles.